The number of aliphatic hydroxyl groups excluding tert-OH is 1. The molecule has 0 bridgehead atoms. The van der Waals surface area contributed by atoms with Crippen molar-refractivity contribution in [1.82, 2.24) is 5.32 Å². The molecule has 3 atom stereocenters. The van der Waals surface area contributed by atoms with E-state index in [4.69, 9.17) is 9.47 Å². The second kappa shape index (κ2) is 9.82. The number of hydrogen-bond donors (Lipinski definition) is 2. The molecule has 0 aliphatic carbocycles. The Bertz CT molecular complexity index is 843. The second-order valence-corrected chi connectivity index (χ2v) is 10.0. The van der Waals surface area contributed by atoms with E-state index in [2.05, 4.69) is 37.4 Å². The van der Waals surface area contributed by atoms with Crippen molar-refractivity contribution in [2.24, 2.45) is 0 Å². The van der Waals surface area contributed by atoms with Crippen LogP contribution in [0.3, 0.4) is 0 Å². The molecule has 6 heteroatoms. The van der Waals surface area contributed by atoms with Gasteiger partial charge in [0.1, 0.15) is 11.5 Å². The zero-order chi connectivity index (χ0) is 20.4. The Morgan fingerprint density at radius 3 is 2.70 bits per heavy atom. The Morgan fingerprint density at radius 1 is 1.20 bits per heavy atom. The summed E-state index contributed by atoms with van der Waals surface area (Å²) in [6.07, 6.45) is 3.74. The van der Waals surface area contributed by atoms with Gasteiger partial charge in [0.05, 0.1) is 17.6 Å². The van der Waals surface area contributed by atoms with Crippen LogP contribution in [0.2, 0.25) is 0 Å². The summed E-state index contributed by atoms with van der Waals surface area (Å²) in [6, 6.07) is 15.0. The first-order valence-electron chi connectivity index (χ1n) is 10.6. The maximum absolute atomic E-state index is 10.9. The minimum absolute atomic E-state index is 0. The Hall–Kier alpha value is -1.40. The molecule has 3 unspecified atom stereocenters. The van der Waals surface area contributed by atoms with Crippen molar-refractivity contribution in [2.75, 3.05) is 6.61 Å². The number of rotatable bonds is 7. The van der Waals surface area contributed by atoms with E-state index < -0.39 is 6.10 Å². The van der Waals surface area contributed by atoms with Crippen LogP contribution in [0, 0.1) is 0 Å². The predicted molar refractivity (Wildman–Crippen MR) is 125 cm³/mol. The Labute approximate surface area is 190 Å². The normalized spacial score (nSPS) is 22.7. The topological polar surface area (TPSA) is 50.7 Å². The molecule has 30 heavy (non-hydrogen) atoms. The number of hydrogen-bond acceptors (Lipinski definition) is 5. The van der Waals surface area contributed by atoms with E-state index in [1.807, 2.05) is 31.2 Å². The van der Waals surface area contributed by atoms with Gasteiger partial charge in [0, 0.05) is 12.1 Å². The fourth-order valence-corrected chi connectivity index (χ4v) is 5.31. The minimum Gasteiger partial charge on any atom is -0.494 e. The number of fused-ring (bicyclic) bond motifs is 1. The Morgan fingerprint density at radius 2 is 1.97 bits per heavy atom. The van der Waals surface area contributed by atoms with E-state index in [9.17, 15) is 5.11 Å². The summed E-state index contributed by atoms with van der Waals surface area (Å²) in [4.78, 5) is 0.889. The largest absolute Gasteiger partial charge is 0.494 e. The van der Waals surface area contributed by atoms with Crippen molar-refractivity contribution in [3.05, 3.63) is 53.6 Å². The van der Waals surface area contributed by atoms with Gasteiger partial charge in [0.2, 0.25) is 0 Å². The highest BCUT2D eigenvalue weighted by atomic mass is 35.5. The van der Waals surface area contributed by atoms with Crippen molar-refractivity contribution in [1.29, 1.82) is 0 Å². The van der Waals surface area contributed by atoms with E-state index in [1.54, 1.807) is 11.8 Å². The van der Waals surface area contributed by atoms with Gasteiger partial charge >= 0.3 is 0 Å². The number of benzene rings is 2. The molecule has 0 amide bonds. The van der Waals surface area contributed by atoms with Crippen LogP contribution in [0.1, 0.15) is 57.3 Å². The monoisotopic (exact) mass is 449 g/mol. The molecular weight excluding hydrogens is 418 g/mol. The quantitative estimate of drug-likeness (QED) is 0.583. The lowest BCUT2D eigenvalue weighted by atomic mass is 10.0. The number of halogens is 1. The molecule has 2 aliphatic rings. The number of aryl methyl sites for hydroxylation is 1. The van der Waals surface area contributed by atoms with Crippen molar-refractivity contribution >= 4 is 24.2 Å². The van der Waals surface area contributed by atoms with Crippen LogP contribution in [0.25, 0.3) is 0 Å². The van der Waals surface area contributed by atoms with Gasteiger partial charge in [0.15, 0.2) is 4.93 Å². The van der Waals surface area contributed by atoms with Crippen LogP contribution in [0.5, 0.6) is 11.5 Å². The molecule has 164 valence electrons. The number of thioether (sulfide) groups is 1. The van der Waals surface area contributed by atoms with Gasteiger partial charge in [-0.2, -0.15) is 0 Å². The van der Waals surface area contributed by atoms with Gasteiger partial charge in [-0.25, -0.2) is 0 Å². The third-order valence-corrected chi connectivity index (χ3v) is 6.81. The van der Waals surface area contributed by atoms with Crippen molar-refractivity contribution in [2.45, 2.75) is 74.5 Å². The summed E-state index contributed by atoms with van der Waals surface area (Å²) >= 11 is 1.72. The third kappa shape index (κ3) is 5.44. The van der Waals surface area contributed by atoms with Crippen LogP contribution in [-0.4, -0.2) is 28.7 Å². The Balaban J connectivity index is 0.00000256. The average molecular weight is 450 g/mol. The SMILES string of the molecule is CCOc1ccc(CCC2CCC(C(O)c3ccc4c(c3)SC(C)(C)O4)N2)cc1.Cl. The molecule has 2 aliphatic heterocycles. The number of nitrogens with one attached hydrogen (secondary N) is 1. The maximum Gasteiger partial charge on any atom is 0.153 e. The number of ether oxygens (including phenoxy) is 2. The van der Waals surface area contributed by atoms with Crippen molar-refractivity contribution in [3.8, 4) is 11.5 Å². The average Bonchev–Trinajstić information content (AvgIpc) is 3.29. The van der Waals surface area contributed by atoms with Crippen LogP contribution < -0.4 is 14.8 Å². The summed E-state index contributed by atoms with van der Waals surface area (Å²) in [6.45, 7) is 6.84. The molecule has 4 nitrogen and oxygen atoms in total. The summed E-state index contributed by atoms with van der Waals surface area (Å²) in [7, 11) is 0. The van der Waals surface area contributed by atoms with Gasteiger partial charge in [-0.1, -0.05) is 30.0 Å². The molecule has 1 saturated heterocycles. The minimum atomic E-state index is -0.486. The van der Waals surface area contributed by atoms with E-state index in [1.165, 1.54) is 5.56 Å². The molecule has 0 spiro atoms. The van der Waals surface area contributed by atoms with E-state index >= 15 is 0 Å². The van der Waals surface area contributed by atoms with Gasteiger partial charge in [-0.3, -0.25) is 0 Å². The molecule has 2 N–H and O–H groups in total. The standard InChI is InChI=1S/C24H31NO3S.ClH/c1-4-27-19-11-6-16(7-12-19)5-9-18-10-13-20(25-18)23(26)17-8-14-21-22(15-17)29-24(2,3)28-21;/h6-8,11-12,14-15,18,20,23,25-26H,4-5,9-10,13H2,1-3H3;1H. The van der Waals surface area contributed by atoms with Crippen LogP contribution >= 0.6 is 24.2 Å². The highest BCUT2D eigenvalue weighted by Crippen LogP contribution is 2.48. The lowest BCUT2D eigenvalue weighted by Gasteiger charge is -2.21. The molecule has 4 rings (SSSR count). The molecule has 2 aromatic rings. The summed E-state index contributed by atoms with van der Waals surface area (Å²) in [5.41, 5.74) is 2.31. The highest BCUT2D eigenvalue weighted by molar-refractivity contribution is 8.00. The van der Waals surface area contributed by atoms with E-state index in [0.29, 0.717) is 12.6 Å². The van der Waals surface area contributed by atoms with Gasteiger partial charge < -0.3 is 19.9 Å². The first-order valence-corrected chi connectivity index (χ1v) is 11.4. The van der Waals surface area contributed by atoms with Gasteiger partial charge in [-0.15, -0.1) is 12.4 Å². The molecule has 0 saturated carbocycles. The van der Waals surface area contributed by atoms with Gasteiger partial charge in [0.25, 0.3) is 0 Å². The fourth-order valence-electron chi connectivity index (χ4n) is 4.24. The summed E-state index contributed by atoms with van der Waals surface area (Å²) in [5, 5.41) is 14.6. The smallest absolute Gasteiger partial charge is 0.153 e. The van der Waals surface area contributed by atoms with E-state index in [-0.39, 0.29) is 23.4 Å². The van der Waals surface area contributed by atoms with Crippen LogP contribution in [0.15, 0.2) is 47.4 Å². The lowest BCUT2D eigenvalue weighted by molar-refractivity contribution is 0.134. The Kier molecular flexibility index (Phi) is 7.61. The second-order valence-electron chi connectivity index (χ2n) is 8.42. The first kappa shape index (κ1) is 23.3. The third-order valence-electron chi connectivity index (χ3n) is 5.69. The molecule has 1 fully saturated rings. The maximum atomic E-state index is 10.9. The zero-order valence-electron chi connectivity index (χ0n) is 17.9. The van der Waals surface area contributed by atoms with Crippen LogP contribution in [-0.2, 0) is 6.42 Å². The van der Waals surface area contributed by atoms with Crippen molar-refractivity contribution < 1.29 is 14.6 Å². The molecule has 0 radical (unpaired) electrons. The zero-order valence-corrected chi connectivity index (χ0v) is 19.5. The lowest BCUT2D eigenvalue weighted by Crippen LogP contribution is -2.34. The fraction of sp³-hybridized carbons (Fsp3) is 0.500. The molecule has 2 aromatic carbocycles. The molecular formula is C24H32ClNO3S. The van der Waals surface area contributed by atoms with Crippen molar-refractivity contribution in [3.63, 3.8) is 0 Å². The van der Waals surface area contributed by atoms with E-state index in [0.717, 1.165) is 47.6 Å². The number of aliphatic hydroxyl groups is 1. The van der Waals surface area contributed by atoms with Gasteiger partial charge in [-0.05, 0) is 81.8 Å². The first-order chi connectivity index (χ1) is 13.9. The van der Waals surface area contributed by atoms with Crippen LogP contribution in [0.4, 0.5) is 0 Å². The highest BCUT2D eigenvalue weighted by Gasteiger charge is 2.33. The molecule has 2 heterocycles. The predicted octanol–water partition coefficient (Wildman–Crippen LogP) is 5.51. The summed E-state index contributed by atoms with van der Waals surface area (Å²) in [5.74, 6) is 1.85. The molecule has 0 aromatic heterocycles. The summed E-state index contributed by atoms with van der Waals surface area (Å²) < 4.78 is 11.4.